The molecule has 50 valence electrons. The van der Waals surface area contributed by atoms with Gasteiger partial charge in [-0.3, -0.25) is 0 Å². The Bertz CT molecular complexity index is 132. The van der Waals surface area contributed by atoms with Gasteiger partial charge in [0.1, 0.15) is 5.40 Å². The smallest absolute Gasteiger partial charge is 0.138 e. The molecule has 1 nitrogen and oxygen atoms in total. The zero-order valence-corrected chi connectivity index (χ0v) is 6.66. The fourth-order valence-electron chi connectivity index (χ4n) is 0.562. The van der Waals surface area contributed by atoms with Gasteiger partial charge in [0, 0.05) is 0 Å². The van der Waals surface area contributed by atoms with Crippen LogP contribution in [0.2, 0.25) is 0 Å². The highest BCUT2D eigenvalue weighted by molar-refractivity contribution is 8.07. The number of hydrogen-bond donors (Lipinski definition) is 0. The van der Waals surface area contributed by atoms with E-state index in [1.807, 2.05) is 5.40 Å². The average Bonchev–Trinajstić information content (AvgIpc) is 1.63. The molecular formula is C7H11NS. The SMILES string of the molecule is C=C(CC(C)C)SC#N. The summed E-state index contributed by atoms with van der Waals surface area (Å²) in [6.07, 6.45) is 0.943. The van der Waals surface area contributed by atoms with Crippen LogP contribution in [-0.2, 0) is 0 Å². The summed E-state index contributed by atoms with van der Waals surface area (Å²) in [4.78, 5) is 0.965. The number of nitriles is 1. The van der Waals surface area contributed by atoms with E-state index in [9.17, 15) is 0 Å². The van der Waals surface area contributed by atoms with Crippen molar-refractivity contribution in [2.24, 2.45) is 5.92 Å². The molecule has 0 unspecified atom stereocenters. The first kappa shape index (κ1) is 8.58. The second kappa shape index (κ2) is 4.46. The van der Waals surface area contributed by atoms with Crippen LogP contribution in [0.4, 0.5) is 0 Å². The van der Waals surface area contributed by atoms with E-state index < -0.39 is 0 Å². The van der Waals surface area contributed by atoms with Crippen LogP contribution in [0.3, 0.4) is 0 Å². The number of thioether (sulfide) groups is 1. The van der Waals surface area contributed by atoms with Crippen molar-refractivity contribution in [3.8, 4) is 5.40 Å². The van der Waals surface area contributed by atoms with Crippen LogP contribution in [0.15, 0.2) is 11.5 Å². The molecule has 0 fully saturated rings. The third-order valence-corrected chi connectivity index (χ3v) is 1.37. The Morgan fingerprint density at radius 3 is 2.67 bits per heavy atom. The highest BCUT2D eigenvalue weighted by Crippen LogP contribution is 2.19. The van der Waals surface area contributed by atoms with Gasteiger partial charge in [-0.15, -0.1) is 0 Å². The van der Waals surface area contributed by atoms with Crippen LogP contribution in [0.25, 0.3) is 0 Å². The fraction of sp³-hybridized carbons (Fsp3) is 0.571. The van der Waals surface area contributed by atoms with Gasteiger partial charge in [0.25, 0.3) is 0 Å². The fourth-order valence-corrected chi connectivity index (χ4v) is 1.11. The molecule has 0 bridgehead atoms. The maximum Gasteiger partial charge on any atom is 0.138 e. The molecule has 0 saturated heterocycles. The van der Waals surface area contributed by atoms with Gasteiger partial charge in [-0.05, 0) is 29.0 Å². The molecule has 0 spiro atoms. The van der Waals surface area contributed by atoms with E-state index in [2.05, 4.69) is 20.4 Å². The van der Waals surface area contributed by atoms with Gasteiger partial charge < -0.3 is 0 Å². The van der Waals surface area contributed by atoms with Crippen molar-refractivity contribution in [1.82, 2.24) is 0 Å². The topological polar surface area (TPSA) is 23.8 Å². The Labute approximate surface area is 60.8 Å². The molecule has 0 aliphatic rings. The standard InChI is InChI=1S/C7H11NS/c1-6(2)4-7(3)9-5-8/h6H,3-4H2,1-2H3. The summed E-state index contributed by atoms with van der Waals surface area (Å²) in [5.74, 6) is 0.610. The molecular weight excluding hydrogens is 130 g/mol. The van der Waals surface area contributed by atoms with E-state index >= 15 is 0 Å². The summed E-state index contributed by atoms with van der Waals surface area (Å²) in [6.45, 7) is 7.95. The third kappa shape index (κ3) is 5.45. The van der Waals surface area contributed by atoms with Gasteiger partial charge in [-0.25, -0.2) is 0 Å². The molecule has 0 amide bonds. The van der Waals surface area contributed by atoms with Crippen LogP contribution < -0.4 is 0 Å². The van der Waals surface area contributed by atoms with Gasteiger partial charge in [-0.2, -0.15) is 5.26 Å². The first-order valence-electron chi connectivity index (χ1n) is 2.90. The molecule has 0 rings (SSSR count). The lowest BCUT2D eigenvalue weighted by molar-refractivity contribution is 0.660. The van der Waals surface area contributed by atoms with E-state index in [1.165, 1.54) is 11.8 Å². The third-order valence-electron chi connectivity index (χ3n) is 0.826. The minimum absolute atomic E-state index is 0.610. The number of thiocyanates is 1. The second-order valence-corrected chi connectivity index (χ2v) is 3.29. The van der Waals surface area contributed by atoms with Crippen LogP contribution in [-0.4, -0.2) is 0 Å². The van der Waals surface area contributed by atoms with E-state index in [0.717, 1.165) is 11.3 Å². The quantitative estimate of drug-likeness (QED) is 0.564. The molecule has 2 heteroatoms. The molecule has 0 radical (unpaired) electrons. The maximum absolute atomic E-state index is 8.20. The molecule has 0 aliphatic carbocycles. The Kier molecular flexibility index (Phi) is 4.25. The number of allylic oxidation sites excluding steroid dienone is 1. The first-order valence-corrected chi connectivity index (χ1v) is 3.72. The van der Waals surface area contributed by atoms with Crippen molar-refractivity contribution in [2.75, 3.05) is 0 Å². The van der Waals surface area contributed by atoms with Gasteiger partial charge in [0.2, 0.25) is 0 Å². The summed E-state index contributed by atoms with van der Waals surface area (Å²) in [6, 6.07) is 0. The van der Waals surface area contributed by atoms with Crippen LogP contribution in [0.5, 0.6) is 0 Å². The van der Waals surface area contributed by atoms with Crippen molar-refractivity contribution in [3.05, 3.63) is 11.5 Å². The summed E-state index contributed by atoms with van der Waals surface area (Å²) in [7, 11) is 0. The predicted octanol–water partition coefficient (Wildman–Crippen LogP) is 2.76. The first-order chi connectivity index (χ1) is 4.16. The van der Waals surface area contributed by atoms with Crippen molar-refractivity contribution < 1.29 is 0 Å². The van der Waals surface area contributed by atoms with Crippen molar-refractivity contribution in [2.45, 2.75) is 20.3 Å². The Balaban J connectivity index is 3.42. The van der Waals surface area contributed by atoms with Gasteiger partial charge in [-0.1, -0.05) is 20.4 Å². The van der Waals surface area contributed by atoms with E-state index in [1.54, 1.807) is 0 Å². The minimum atomic E-state index is 0.610. The van der Waals surface area contributed by atoms with Crippen molar-refractivity contribution in [1.29, 1.82) is 5.26 Å². The van der Waals surface area contributed by atoms with Gasteiger partial charge >= 0.3 is 0 Å². The van der Waals surface area contributed by atoms with Crippen LogP contribution in [0.1, 0.15) is 20.3 Å². The molecule has 0 saturated carbocycles. The number of hydrogen-bond acceptors (Lipinski definition) is 2. The lowest BCUT2D eigenvalue weighted by atomic mass is 10.1. The summed E-state index contributed by atoms with van der Waals surface area (Å²) >= 11 is 1.17. The Hall–Kier alpha value is -0.420. The van der Waals surface area contributed by atoms with Gasteiger partial charge in [0.15, 0.2) is 0 Å². The normalized spacial score (nSPS) is 9.11. The molecule has 0 aromatic carbocycles. The molecule has 0 aliphatic heterocycles. The lowest BCUT2D eigenvalue weighted by Crippen LogP contribution is -1.85. The molecule has 0 atom stereocenters. The zero-order valence-electron chi connectivity index (χ0n) is 5.85. The highest BCUT2D eigenvalue weighted by atomic mass is 32.2. The van der Waals surface area contributed by atoms with Gasteiger partial charge in [0.05, 0.1) is 0 Å². The molecule has 0 aromatic heterocycles. The largest absolute Gasteiger partial charge is 0.185 e. The van der Waals surface area contributed by atoms with Crippen molar-refractivity contribution in [3.63, 3.8) is 0 Å². The average molecular weight is 141 g/mol. The lowest BCUT2D eigenvalue weighted by Gasteiger charge is -2.01. The monoisotopic (exact) mass is 141 g/mol. The van der Waals surface area contributed by atoms with E-state index in [4.69, 9.17) is 5.26 Å². The van der Waals surface area contributed by atoms with Crippen LogP contribution >= 0.6 is 11.8 Å². The Morgan fingerprint density at radius 2 is 2.33 bits per heavy atom. The minimum Gasteiger partial charge on any atom is -0.185 e. The summed E-state index contributed by atoms with van der Waals surface area (Å²) < 4.78 is 0. The molecule has 0 aromatic rings. The highest BCUT2D eigenvalue weighted by Gasteiger charge is 1.97. The summed E-state index contributed by atoms with van der Waals surface area (Å²) in [5, 5.41) is 10.2. The van der Waals surface area contributed by atoms with E-state index in [-0.39, 0.29) is 0 Å². The predicted molar refractivity (Wildman–Crippen MR) is 41.8 cm³/mol. The van der Waals surface area contributed by atoms with E-state index in [0.29, 0.717) is 5.92 Å². The molecule has 0 heterocycles. The van der Waals surface area contributed by atoms with Crippen LogP contribution in [0, 0.1) is 16.6 Å². The maximum atomic E-state index is 8.20. The Morgan fingerprint density at radius 1 is 1.78 bits per heavy atom. The molecule has 9 heavy (non-hydrogen) atoms. The second-order valence-electron chi connectivity index (χ2n) is 2.33. The number of nitrogens with zero attached hydrogens (tertiary/aromatic N) is 1. The molecule has 0 N–H and O–H groups in total. The van der Waals surface area contributed by atoms with Crippen molar-refractivity contribution >= 4 is 11.8 Å². The number of rotatable bonds is 3. The zero-order chi connectivity index (χ0) is 7.28. The summed E-state index contributed by atoms with van der Waals surface area (Å²) in [5.41, 5.74) is 0.